The van der Waals surface area contributed by atoms with E-state index < -0.39 is 0 Å². The molecule has 0 spiro atoms. The highest BCUT2D eigenvalue weighted by Gasteiger charge is 2.34. The quantitative estimate of drug-likeness (QED) is 0.373. The number of hydrogen-bond acceptors (Lipinski definition) is 6. The van der Waals surface area contributed by atoms with Gasteiger partial charge in [0.2, 0.25) is 4.96 Å². The maximum absolute atomic E-state index is 13.6. The summed E-state index contributed by atoms with van der Waals surface area (Å²) in [6, 6.07) is 22.2. The molecule has 3 heterocycles. The lowest BCUT2D eigenvalue weighted by Gasteiger charge is -2.17. The molecule has 1 amide bonds. The number of rotatable bonds is 4. The zero-order valence-electron chi connectivity index (χ0n) is 18.4. The Morgan fingerprint density at radius 2 is 1.71 bits per heavy atom. The lowest BCUT2D eigenvalue weighted by Crippen LogP contribution is -2.32. The van der Waals surface area contributed by atoms with E-state index in [-0.39, 0.29) is 11.5 Å². The molecule has 0 atom stereocenters. The van der Waals surface area contributed by atoms with Gasteiger partial charge in [0.15, 0.2) is 5.82 Å². The van der Waals surface area contributed by atoms with E-state index in [2.05, 4.69) is 10.1 Å². The Hall–Kier alpha value is -4.01. The van der Waals surface area contributed by atoms with Crippen molar-refractivity contribution in [1.82, 2.24) is 14.6 Å². The standard InChI is InChI=1S/C26H17ClN4O3S/c1-34-18-12-8-16(9-13-18)23-28-26-31(29-23)25(33)22(35-26)21-19-4-2-3-5-20(19)30(24(21)32)14-15-6-10-17(27)11-7-15/h2-13H,14H2,1H3/b22-21-. The number of para-hydroxylation sites is 1. The Labute approximate surface area is 208 Å². The number of carbonyl (C=O) groups is 1. The fraction of sp³-hybridized carbons (Fsp3) is 0.0769. The average Bonchev–Trinajstić information content (AvgIpc) is 3.51. The third-order valence-electron chi connectivity index (χ3n) is 5.91. The number of anilines is 1. The second-order valence-electron chi connectivity index (χ2n) is 8.00. The molecule has 172 valence electrons. The van der Waals surface area contributed by atoms with E-state index in [0.29, 0.717) is 32.5 Å². The number of ether oxygens (including phenoxy) is 1. The highest BCUT2D eigenvalue weighted by atomic mass is 35.5. The topological polar surface area (TPSA) is 76.8 Å². The number of halogens is 1. The van der Waals surface area contributed by atoms with Gasteiger partial charge < -0.3 is 9.64 Å². The summed E-state index contributed by atoms with van der Waals surface area (Å²) in [7, 11) is 1.60. The molecule has 35 heavy (non-hydrogen) atoms. The number of hydrogen-bond donors (Lipinski definition) is 0. The number of methoxy groups -OCH3 is 1. The average molecular weight is 501 g/mol. The van der Waals surface area contributed by atoms with Crippen LogP contribution < -0.4 is 19.7 Å². The molecule has 5 aromatic rings. The molecule has 1 aliphatic rings. The summed E-state index contributed by atoms with van der Waals surface area (Å²) in [6.07, 6.45) is 0. The summed E-state index contributed by atoms with van der Waals surface area (Å²) < 4.78 is 6.79. The predicted octanol–water partition coefficient (Wildman–Crippen LogP) is 3.94. The SMILES string of the molecule is COc1ccc(-c2nc3s/c(=C4\C(=O)N(Cc5ccc(Cl)cc5)c5ccccc54)c(=O)n3n2)cc1. The van der Waals surface area contributed by atoms with E-state index in [9.17, 15) is 9.59 Å². The zero-order chi connectivity index (χ0) is 24.1. The molecule has 1 aliphatic heterocycles. The molecule has 3 aromatic carbocycles. The lowest BCUT2D eigenvalue weighted by molar-refractivity contribution is -0.113. The first-order valence-corrected chi connectivity index (χ1v) is 12.0. The van der Waals surface area contributed by atoms with Gasteiger partial charge in [-0.3, -0.25) is 9.59 Å². The number of nitrogens with zero attached hydrogens (tertiary/aromatic N) is 4. The fourth-order valence-electron chi connectivity index (χ4n) is 4.18. The number of carbonyl (C=O) groups excluding carboxylic acids is 1. The van der Waals surface area contributed by atoms with Crippen LogP contribution >= 0.6 is 22.9 Å². The summed E-state index contributed by atoms with van der Waals surface area (Å²) in [5, 5.41) is 5.05. The molecule has 6 rings (SSSR count). The van der Waals surface area contributed by atoms with Gasteiger partial charge in [-0.05, 0) is 48.0 Å². The van der Waals surface area contributed by atoms with Gasteiger partial charge in [0, 0.05) is 16.1 Å². The Kier molecular flexibility index (Phi) is 5.12. The monoisotopic (exact) mass is 500 g/mol. The Morgan fingerprint density at radius 1 is 0.971 bits per heavy atom. The number of thiazole rings is 1. The number of fused-ring (bicyclic) bond motifs is 2. The normalized spacial score (nSPS) is 14.6. The summed E-state index contributed by atoms with van der Waals surface area (Å²) in [6.45, 7) is 0.368. The van der Waals surface area contributed by atoms with Crippen LogP contribution in [0.15, 0.2) is 77.6 Å². The van der Waals surface area contributed by atoms with Gasteiger partial charge in [-0.25, -0.2) is 0 Å². The highest BCUT2D eigenvalue weighted by molar-refractivity contribution is 7.15. The van der Waals surface area contributed by atoms with Crippen LogP contribution in [0.2, 0.25) is 5.02 Å². The van der Waals surface area contributed by atoms with Crippen LogP contribution in [0.5, 0.6) is 5.75 Å². The van der Waals surface area contributed by atoms with Crippen molar-refractivity contribution in [2.75, 3.05) is 12.0 Å². The fourth-order valence-corrected chi connectivity index (χ4v) is 5.30. The molecule has 7 nitrogen and oxygen atoms in total. The molecule has 2 aromatic heterocycles. The van der Waals surface area contributed by atoms with Crippen LogP contribution in [0, 0.1) is 0 Å². The van der Waals surface area contributed by atoms with E-state index in [1.54, 1.807) is 24.1 Å². The third kappa shape index (κ3) is 3.58. The van der Waals surface area contributed by atoms with Crippen LogP contribution in [0.1, 0.15) is 11.1 Å². The molecule has 0 unspecified atom stereocenters. The molecule has 0 aliphatic carbocycles. The van der Waals surface area contributed by atoms with Crippen molar-refractivity contribution in [1.29, 1.82) is 0 Å². The third-order valence-corrected chi connectivity index (χ3v) is 7.19. The van der Waals surface area contributed by atoms with Gasteiger partial charge >= 0.3 is 0 Å². The van der Waals surface area contributed by atoms with Crippen LogP contribution in [0.3, 0.4) is 0 Å². The largest absolute Gasteiger partial charge is 0.497 e. The smallest absolute Gasteiger partial charge is 0.291 e. The minimum atomic E-state index is -0.358. The van der Waals surface area contributed by atoms with Gasteiger partial charge in [0.1, 0.15) is 10.3 Å². The number of amides is 1. The van der Waals surface area contributed by atoms with E-state index in [1.165, 1.54) is 15.9 Å². The van der Waals surface area contributed by atoms with E-state index in [4.69, 9.17) is 16.3 Å². The Balaban J connectivity index is 1.46. The van der Waals surface area contributed by atoms with Crippen molar-refractivity contribution in [3.05, 3.63) is 104 Å². The van der Waals surface area contributed by atoms with Crippen LogP contribution in [-0.4, -0.2) is 27.6 Å². The second-order valence-corrected chi connectivity index (χ2v) is 9.42. The summed E-state index contributed by atoms with van der Waals surface area (Å²) in [5.41, 5.74) is 3.22. The van der Waals surface area contributed by atoms with E-state index >= 15 is 0 Å². The summed E-state index contributed by atoms with van der Waals surface area (Å²) >= 11 is 7.18. The first-order valence-electron chi connectivity index (χ1n) is 10.8. The van der Waals surface area contributed by atoms with Crippen molar-refractivity contribution in [2.45, 2.75) is 6.54 Å². The van der Waals surface area contributed by atoms with Crippen LogP contribution in [0.25, 0.3) is 21.9 Å². The van der Waals surface area contributed by atoms with Crippen molar-refractivity contribution >= 4 is 45.1 Å². The van der Waals surface area contributed by atoms with Crippen LogP contribution in [0.4, 0.5) is 5.69 Å². The molecule has 0 fully saturated rings. The van der Waals surface area contributed by atoms with Gasteiger partial charge in [0.25, 0.3) is 11.5 Å². The molecular formula is C26H17ClN4O3S. The molecule has 0 bridgehead atoms. The first-order chi connectivity index (χ1) is 17.0. The Bertz CT molecular complexity index is 1710. The molecule has 0 N–H and O–H groups in total. The molecular weight excluding hydrogens is 484 g/mol. The summed E-state index contributed by atoms with van der Waals surface area (Å²) in [5.74, 6) is 0.938. The maximum Gasteiger partial charge on any atom is 0.291 e. The first kappa shape index (κ1) is 21.5. The molecule has 0 saturated heterocycles. The minimum Gasteiger partial charge on any atom is -0.497 e. The lowest BCUT2D eigenvalue weighted by atomic mass is 10.1. The maximum atomic E-state index is 13.6. The van der Waals surface area contributed by atoms with Gasteiger partial charge in [0.05, 0.1) is 24.9 Å². The van der Waals surface area contributed by atoms with Gasteiger partial charge in [-0.2, -0.15) is 9.50 Å². The van der Waals surface area contributed by atoms with Gasteiger partial charge in [-0.15, -0.1) is 5.10 Å². The van der Waals surface area contributed by atoms with Crippen molar-refractivity contribution in [3.63, 3.8) is 0 Å². The molecule has 9 heteroatoms. The molecule has 0 saturated carbocycles. The molecule has 0 radical (unpaired) electrons. The zero-order valence-corrected chi connectivity index (χ0v) is 20.0. The Morgan fingerprint density at radius 3 is 2.43 bits per heavy atom. The van der Waals surface area contributed by atoms with E-state index in [1.807, 2.05) is 60.7 Å². The highest BCUT2D eigenvalue weighted by Crippen LogP contribution is 2.36. The van der Waals surface area contributed by atoms with Gasteiger partial charge in [-0.1, -0.05) is 53.3 Å². The van der Waals surface area contributed by atoms with Crippen molar-refractivity contribution < 1.29 is 9.53 Å². The number of benzene rings is 3. The minimum absolute atomic E-state index is 0.224. The predicted molar refractivity (Wildman–Crippen MR) is 136 cm³/mol. The second kappa shape index (κ2) is 8.33. The number of aromatic nitrogens is 3. The van der Waals surface area contributed by atoms with Crippen molar-refractivity contribution in [2.24, 2.45) is 0 Å². The van der Waals surface area contributed by atoms with Crippen LogP contribution in [-0.2, 0) is 11.3 Å². The summed E-state index contributed by atoms with van der Waals surface area (Å²) in [4.78, 5) is 33.6. The van der Waals surface area contributed by atoms with E-state index in [0.717, 1.165) is 28.1 Å². The van der Waals surface area contributed by atoms with Crippen molar-refractivity contribution in [3.8, 4) is 17.1 Å².